The largest absolute Gasteiger partial charge is 0.494 e. The molecule has 0 radical (unpaired) electrons. The molecule has 1 atom stereocenters. The van der Waals surface area contributed by atoms with Crippen LogP contribution in [0.15, 0.2) is 42.0 Å². The average Bonchev–Trinajstić information content (AvgIpc) is 2.60. The summed E-state index contributed by atoms with van der Waals surface area (Å²) >= 11 is 0. The minimum absolute atomic E-state index is 0.224. The van der Waals surface area contributed by atoms with Gasteiger partial charge in [0.05, 0.1) is 12.7 Å². The summed E-state index contributed by atoms with van der Waals surface area (Å²) in [5.74, 6) is 0.937. The summed E-state index contributed by atoms with van der Waals surface area (Å²) in [6.07, 6.45) is 8.31. The number of aliphatic hydroxyl groups excluding tert-OH is 1. The summed E-state index contributed by atoms with van der Waals surface area (Å²) < 4.78 is 5.67. The van der Waals surface area contributed by atoms with E-state index in [1.807, 2.05) is 30.3 Å². The number of hydrogen-bond donors (Lipinski definition) is 1. The molecule has 1 unspecified atom stereocenters. The van der Waals surface area contributed by atoms with Gasteiger partial charge in [0.1, 0.15) is 5.75 Å². The first kappa shape index (κ1) is 13.2. The molecule has 0 saturated heterocycles. The van der Waals surface area contributed by atoms with Crippen LogP contribution in [-0.2, 0) is 0 Å². The predicted octanol–water partition coefficient (Wildman–Crippen LogP) is 3.71. The second-order valence-corrected chi connectivity index (χ2v) is 4.90. The molecule has 0 aliphatic heterocycles. The van der Waals surface area contributed by atoms with Crippen molar-refractivity contribution in [1.82, 2.24) is 0 Å². The van der Waals surface area contributed by atoms with E-state index >= 15 is 0 Å². The highest BCUT2D eigenvalue weighted by Gasteiger charge is 2.08. The molecule has 0 fully saturated rings. The Kier molecular flexibility index (Phi) is 5.28. The molecular weight excluding hydrogens is 224 g/mol. The fourth-order valence-corrected chi connectivity index (χ4v) is 2.36. The summed E-state index contributed by atoms with van der Waals surface area (Å²) in [6, 6.07) is 9.92. The van der Waals surface area contributed by atoms with Crippen molar-refractivity contribution in [2.45, 2.75) is 44.6 Å². The SMILES string of the molecule is OC1C=C(CCCOc2ccccc2)CCCC1. The Bertz CT molecular complexity index is 370. The number of benzene rings is 1. The summed E-state index contributed by atoms with van der Waals surface area (Å²) in [4.78, 5) is 0. The van der Waals surface area contributed by atoms with Crippen LogP contribution in [0, 0.1) is 0 Å². The summed E-state index contributed by atoms with van der Waals surface area (Å²) in [5.41, 5.74) is 1.40. The van der Waals surface area contributed by atoms with Crippen LogP contribution in [0.1, 0.15) is 38.5 Å². The fourth-order valence-electron chi connectivity index (χ4n) is 2.36. The van der Waals surface area contributed by atoms with Crippen molar-refractivity contribution in [3.05, 3.63) is 42.0 Å². The molecule has 18 heavy (non-hydrogen) atoms. The van der Waals surface area contributed by atoms with Crippen LogP contribution >= 0.6 is 0 Å². The summed E-state index contributed by atoms with van der Waals surface area (Å²) in [6.45, 7) is 0.747. The van der Waals surface area contributed by atoms with Crippen molar-refractivity contribution < 1.29 is 9.84 Å². The molecule has 1 aliphatic carbocycles. The van der Waals surface area contributed by atoms with Gasteiger partial charge in [-0.3, -0.25) is 0 Å². The lowest BCUT2D eigenvalue weighted by Crippen LogP contribution is -2.01. The highest BCUT2D eigenvalue weighted by molar-refractivity contribution is 5.20. The first-order valence-corrected chi connectivity index (χ1v) is 6.90. The van der Waals surface area contributed by atoms with E-state index in [1.165, 1.54) is 12.0 Å². The maximum Gasteiger partial charge on any atom is 0.119 e. The number of aliphatic hydroxyl groups is 1. The number of allylic oxidation sites excluding steroid dienone is 1. The van der Waals surface area contributed by atoms with Gasteiger partial charge in [-0.25, -0.2) is 0 Å². The molecule has 1 N–H and O–H groups in total. The molecule has 2 nitrogen and oxygen atoms in total. The zero-order chi connectivity index (χ0) is 12.6. The van der Waals surface area contributed by atoms with Crippen LogP contribution in [0.25, 0.3) is 0 Å². The van der Waals surface area contributed by atoms with Crippen LogP contribution in [0.2, 0.25) is 0 Å². The van der Waals surface area contributed by atoms with Crippen molar-refractivity contribution in [3.63, 3.8) is 0 Å². The summed E-state index contributed by atoms with van der Waals surface area (Å²) in [7, 11) is 0. The molecule has 0 spiro atoms. The van der Waals surface area contributed by atoms with Crippen LogP contribution in [0.5, 0.6) is 5.75 Å². The highest BCUT2D eigenvalue weighted by Crippen LogP contribution is 2.21. The van der Waals surface area contributed by atoms with Gasteiger partial charge in [-0.15, -0.1) is 0 Å². The van der Waals surface area contributed by atoms with Gasteiger partial charge < -0.3 is 9.84 Å². The Hall–Kier alpha value is -1.28. The molecule has 0 bridgehead atoms. The molecule has 0 amide bonds. The van der Waals surface area contributed by atoms with Gasteiger partial charge in [0.2, 0.25) is 0 Å². The first-order chi connectivity index (χ1) is 8.84. The Morgan fingerprint density at radius 1 is 1.17 bits per heavy atom. The molecule has 1 aliphatic rings. The van der Waals surface area contributed by atoms with Crippen molar-refractivity contribution >= 4 is 0 Å². The van der Waals surface area contributed by atoms with Crippen molar-refractivity contribution in [2.24, 2.45) is 0 Å². The number of hydrogen-bond acceptors (Lipinski definition) is 2. The Morgan fingerprint density at radius 3 is 2.83 bits per heavy atom. The van der Waals surface area contributed by atoms with E-state index in [1.54, 1.807) is 0 Å². The van der Waals surface area contributed by atoms with E-state index in [9.17, 15) is 5.11 Å². The van der Waals surface area contributed by atoms with Crippen LogP contribution in [0.3, 0.4) is 0 Å². The lowest BCUT2D eigenvalue weighted by molar-refractivity contribution is 0.210. The van der Waals surface area contributed by atoms with E-state index in [4.69, 9.17) is 4.74 Å². The number of rotatable bonds is 5. The Labute approximate surface area is 109 Å². The summed E-state index contributed by atoms with van der Waals surface area (Å²) in [5, 5.41) is 9.69. The third-order valence-corrected chi connectivity index (χ3v) is 3.33. The average molecular weight is 246 g/mol. The Morgan fingerprint density at radius 2 is 2.00 bits per heavy atom. The lowest BCUT2D eigenvalue weighted by Gasteiger charge is -2.08. The lowest BCUT2D eigenvalue weighted by atomic mass is 10.1. The molecular formula is C16H22O2. The minimum Gasteiger partial charge on any atom is -0.494 e. The molecule has 0 aromatic heterocycles. The smallest absolute Gasteiger partial charge is 0.119 e. The fraction of sp³-hybridized carbons (Fsp3) is 0.500. The number of para-hydroxylation sites is 1. The van der Waals surface area contributed by atoms with Gasteiger partial charge >= 0.3 is 0 Å². The van der Waals surface area contributed by atoms with Crippen molar-refractivity contribution in [1.29, 1.82) is 0 Å². The Balaban J connectivity index is 1.69. The van der Waals surface area contributed by atoms with Gasteiger partial charge in [-0.05, 0) is 44.2 Å². The normalized spacial score (nSPS) is 20.1. The zero-order valence-electron chi connectivity index (χ0n) is 10.8. The minimum atomic E-state index is -0.224. The van der Waals surface area contributed by atoms with E-state index < -0.39 is 0 Å². The second kappa shape index (κ2) is 7.22. The molecule has 1 aromatic carbocycles. The van der Waals surface area contributed by atoms with E-state index in [0.29, 0.717) is 0 Å². The van der Waals surface area contributed by atoms with E-state index in [-0.39, 0.29) is 6.10 Å². The molecule has 1 aromatic rings. The molecule has 2 heteroatoms. The molecule has 2 rings (SSSR count). The van der Waals surface area contributed by atoms with Gasteiger partial charge in [0.15, 0.2) is 0 Å². The van der Waals surface area contributed by atoms with Crippen LogP contribution in [0.4, 0.5) is 0 Å². The van der Waals surface area contributed by atoms with E-state index in [0.717, 1.165) is 44.5 Å². The standard InChI is InChI=1S/C16H22O2/c17-15-9-5-4-7-14(13-15)8-6-12-18-16-10-2-1-3-11-16/h1-3,10-11,13,15,17H,4-9,12H2. The van der Waals surface area contributed by atoms with Crippen molar-refractivity contribution in [3.8, 4) is 5.75 Å². The first-order valence-electron chi connectivity index (χ1n) is 6.90. The molecule has 0 heterocycles. The van der Waals surface area contributed by atoms with Gasteiger partial charge in [-0.1, -0.05) is 36.3 Å². The maximum atomic E-state index is 9.69. The zero-order valence-corrected chi connectivity index (χ0v) is 10.8. The topological polar surface area (TPSA) is 29.5 Å². The third-order valence-electron chi connectivity index (χ3n) is 3.33. The number of ether oxygens (including phenoxy) is 1. The van der Waals surface area contributed by atoms with Gasteiger partial charge in [-0.2, -0.15) is 0 Å². The van der Waals surface area contributed by atoms with E-state index in [2.05, 4.69) is 6.08 Å². The van der Waals surface area contributed by atoms with Crippen molar-refractivity contribution in [2.75, 3.05) is 6.61 Å². The van der Waals surface area contributed by atoms with Gasteiger partial charge in [0.25, 0.3) is 0 Å². The van der Waals surface area contributed by atoms with Crippen LogP contribution in [-0.4, -0.2) is 17.8 Å². The third kappa shape index (κ3) is 4.53. The quantitative estimate of drug-likeness (QED) is 0.634. The highest BCUT2D eigenvalue weighted by atomic mass is 16.5. The molecule has 0 saturated carbocycles. The second-order valence-electron chi connectivity index (χ2n) is 4.90. The molecule has 98 valence electrons. The maximum absolute atomic E-state index is 9.69. The van der Waals surface area contributed by atoms with Crippen LogP contribution < -0.4 is 4.74 Å². The monoisotopic (exact) mass is 246 g/mol. The van der Waals surface area contributed by atoms with Gasteiger partial charge in [0, 0.05) is 0 Å². The predicted molar refractivity (Wildman–Crippen MR) is 73.7 cm³/mol.